The fourth-order valence-electron chi connectivity index (χ4n) is 2.96. The number of benzene rings is 1. The van der Waals surface area contributed by atoms with Gasteiger partial charge in [0.2, 0.25) is 5.95 Å². The summed E-state index contributed by atoms with van der Waals surface area (Å²) in [6.45, 7) is 2.55. The van der Waals surface area contributed by atoms with Gasteiger partial charge in [0.1, 0.15) is 0 Å². The van der Waals surface area contributed by atoms with Gasteiger partial charge in [-0.25, -0.2) is 9.97 Å². The molecule has 1 aromatic carbocycles. The molecule has 2 aromatic rings. The van der Waals surface area contributed by atoms with Crippen LogP contribution in [-0.4, -0.2) is 29.0 Å². The number of fused-ring (bicyclic) bond motifs is 1. The lowest BCUT2D eigenvalue weighted by Crippen LogP contribution is -2.22. The molecule has 4 rings (SSSR count). The lowest BCUT2D eigenvalue weighted by molar-refractivity contribution is 0.0996. The van der Waals surface area contributed by atoms with Crippen LogP contribution in [0.15, 0.2) is 36.5 Å². The highest BCUT2D eigenvalue weighted by Crippen LogP contribution is 2.28. The SMILES string of the molecule is O=C1c2cnc(N3CCCC3)nc2CN1c1ccccc1. The summed E-state index contributed by atoms with van der Waals surface area (Å²) in [4.78, 5) is 25.4. The largest absolute Gasteiger partial charge is 0.341 e. The fraction of sp³-hybridized carbons (Fsp3) is 0.312. The van der Waals surface area contributed by atoms with Crippen LogP contribution in [-0.2, 0) is 6.54 Å². The van der Waals surface area contributed by atoms with Crippen molar-refractivity contribution in [1.82, 2.24) is 9.97 Å². The summed E-state index contributed by atoms with van der Waals surface area (Å²) in [6.07, 6.45) is 4.06. The number of aromatic nitrogens is 2. The number of hydrogen-bond donors (Lipinski definition) is 0. The van der Waals surface area contributed by atoms with Crippen LogP contribution in [0.25, 0.3) is 0 Å². The third-order valence-electron chi connectivity index (χ3n) is 4.10. The monoisotopic (exact) mass is 280 g/mol. The molecule has 1 fully saturated rings. The maximum atomic E-state index is 12.5. The molecule has 106 valence electrons. The van der Waals surface area contributed by atoms with Crippen molar-refractivity contribution in [2.24, 2.45) is 0 Å². The van der Waals surface area contributed by atoms with Crippen molar-refractivity contribution in [3.63, 3.8) is 0 Å². The van der Waals surface area contributed by atoms with Crippen molar-refractivity contribution in [3.05, 3.63) is 47.8 Å². The molecule has 0 radical (unpaired) electrons. The maximum absolute atomic E-state index is 12.5. The quantitative estimate of drug-likeness (QED) is 0.846. The minimum Gasteiger partial charge on any atom is -0.341 e. The molecule has 0 saturated carbocycles. The summed E-state index contributed by atoms with van der Waals surface area (Å²) >= 11 is 0. The van der Waals surface area contributed by atoms with Crippen LogP contribution in [0.2, 0.25) is 0 Å². The van der Waals surface area contributed by atoms with Crippen LogP contribution in [0.3, 0.4) is 0 Å². The maximum Gasteiger partial charge on any atom is 0.262 e. The summed E-state index contributed by atoms with van der Waals surface area (Å²) in [5, 5.41) is 0. The van der Waals surface area contributed by atoms with Crippen molar-refractivity contribution in [2.45, 2.75) is 19.4 Å². The molecule has 1 saturated heterocycles. The fourth-order valence-corrected chi connectivity index (χ4v) is 2.96. The Balaban J connectivity index is 1.66. The van der Waals surface area contributed by atoms with Crippen molar-refractivity contribution < 1.29 is 4.79 Å². The molecule has 21 heavy (non-hydrogen) atoms. The lowest BCUT2D eigenvalue weighted by atomic mass is 10.2. The first-order valence-corrected chi connectivity index (χ1v) is 7.31. The Bertz CT molecular complexity index is 680. The third-order valence-corrected chi connectivity index (χ3v) is 4.10. The molecule has 3 heterocycles. The van der Waals surface area contributed by atoms with E-state index in [-0.39, 0.29) is 5.91 Å². The van der Waals surface area contributed by atoms with Crippen LogP contribution >= 0.6 is 0 Å². The van der Waals surface area contributed by atoms with E-state index in [0.29, 0.717) is 12.1 Å². The van der Waals surface area contributed by atoms with E-state index in [2.05, 4.69) is 14.9 Å². The van der Waals surface area contributed by atoms with Crippen molar-refractivity contribution in [3.8, 4) is 0 Å². The van der Waals surface area contributed by atoms with Crippen LogP contribution < -0.4 is 9.80 Å². The summed E-state index contributed by atoms with van der Waals surface area (Å²) < 4.78 is 0. The van der Waals surface area contributed by atoms with Crippen molar-refractivity contribution in [2.75, 3.05) is 22.9 Å². The highest BCUT2D eigenvalue weighted by Gasteiger charge is 2.31. The molecule has 1 amide bonds. The minimum absolute atomic E-state index is 0.0100. The van der Waals surface area contributed by atoms with Crippen molar-refractivity contribution in [1.29, 1.82) is 0 Å². The second-order valence-electron chi connectivity index (χ2n) is 5.45. The molecular formula is C16H16N4O. The number of hydrogen-bond acceptors (Lipinski definition) is 4. The molecule has 0 unspecified atom stereocenters. The number of carbonyl (C=O) groups is 1. The van der Waals surface area contributed by atoms with E-state index in [1.807, 2.05) is 30.3 Å². The summed E-state index contributed by atoms with van der Waals surface area (Å²) in [5.74, 6) is 0.748. The van der Waals surface area contributed by atoms with E-state index < -0.39 is 0 Å². The van der Waals surface area contributed by atoms with Gasteiger partial charge in [-0.3, -0.25) is 4.79 Å². The standard InChI is InChI=1S/C16H16N4O/c21-15-13-10-17-16(19-8-4-5-9-19)18-14(13)11-20(15)12-6-2-1-3-7-12/h1-3,6-7,10H,4-5,8-9,11H2. The van der Waals surface area contributed by atoms with Crippen LogP contribution in [0, 0.1) is 0 Å². The van der Waals surface area contributed by atoms with Crippen molar-refractivity contribution >= 4 is 17.5 Å². The zero-order chi connectivity index (χ0) is 14.2. The summed E-state index contributed by atoms with van der Waals surface area (Å²) in [6, 6.07) is 9.71. The summed E-state index contributed by atoms with van der Waals surface area (Å²) in [5.41, 5.74) is 2.37. The van der Waals surface area contributed by atoms with Gasteiger partial charge in [0.15, 0.2) is 0 Å². The van der Waals surface area contributed by atoms with Gasteiger partial charge in [-0.15, -0.1) is 0 Å². The molecule has 0 spiro atoms. The Kier molecular flexibility index (Phi) is 2.84. The van der Waals surface area contributed by atoms with Crippen LogP contribution in [0.1, 0.15) is 28.9 Å². The minimum atomic E-state index is -0.0100. The Morgan fingerprint density at radius 2 is 1.81 bits per heavy atom. The smallest absolute Gasteiger partial charge is 0.262 e. The van der Waals surface area contributed by atoms with Gasteiger partial charge in [-0.2, -0.15) is 0 Å². The second kappa shape index (κ2) is 4.84. The Morgan fingerprint density at radius 1 is 1.05 bits per heavy atom. The third kappa shape index (κ3) is 2.05. The molecule has 0 aliphatic carbocycles. The molecular weight excluding hydrogens is 264 g/mol. The first-order valence-electron chi connectivity index (χ1n) is 7.31. The Morgan fingerprint density at radius 3 is 2.57 bits per heavy atom. The highest BCUT2D eigenvalue weighted by atomic mass is 16.2. The van der Waals surface area contributed by atoms with Gasteiger partial charge in [-0.1, -0.05) is 18.2 Å². The molecule has 0 N–H and O–H groups in total. The normalized spacial score (nSPS) is 17.4. The number of nitrogens with zero attached hydrogens (tertiary/aromatic N) is 4. The molecule has 0 atom stereocenters. The van der Waals surface area contributed by atoms with Crippen LogP contribution in [0.5, 0.6) is 0 Å². The number of carbonyl (C=O) groups excluding carboxylic acids is 1. The number of rotatable bonds is 2. The van der Waals surface area contributed by atoms with E-state index in [1.165, 1.54) is 12.8 Å². The average Bonchev–Trinajstić information content (AvgIpc) is 3.16. The molecule has 5 heteroatoms. The zero-order valence-corrected chi connectivity index (χ0v) is 11.7. The van der Waals surface area contributed by atoms with E-state index in [9.17, 15) is 4.79 Å². The van der Waals surface area contributed by atoms with E-state index in [0.717, 1.165) is 30.4 Å². The van der Waals surface area contributed by atoms with Crippen LogP contribution in [0.4, 0.5) is 11.6 Å². The molecule has 2 aliphatic heterocycles. The van der Waals surface area contributed by atoms with E-state index in [4.69, 9.17) is 0 Å². The first kappa shape index (κ1) is 12.3. The van der Waals surface area contributed by atoms with Gasteiger partial charge < -0.3 is 9.80 Å². The van der Waals surface area contributed by atoms with Gasteiger partial charge in [0, 0.05) is 25.0 Å². The first-order chi connectivity index (χ1) is 10.3. The predicted octanol–water partition coefficient (Wildman–Crippen LogP) is 2.24. The number of anilines is 2. The molecule has 0 bridgehead atoms. The van der Waals surface area contributed by atoms with E-state index in [1.54, 1.807) is 11.1 Å². The topological polar surface area (TPSA) is 49.3 Å². The Labute approximate surface area is 123 Å². The van der Waals surface area contributed by atoms with Gasteiger partial charge >= 0.3 is 0 Å². The molecule has 2 aliphatic rings. The van der Waals surface area contributed by atoms with Gasteiger partial charge in [0.05, 0.1) is 17.8 Å². The average molecular weight is 280 g/mol. The predicted molar refractivity (Wildman–Crippen MR) is 80.4 cm³/mol. The second-order valence-corrected chi connectivity index (χ2v) is 5.45. The molecule has 5 nitrogen and oxygen atoms in total. The number of para-hydroxylation sites is 1. The zero-order valence-electron chi connectivity index (χ0n) is 11.7. The molecule has 1 aromatic heterocycles. The van der Waals surface area contributed by atoms with Gasteiger partial charge in [-0.05, 0) is 25.0 Å². The highest BCUT2D eigenvalue weighted by molar-refractivity contribution is 6.09. The Hall–Kier alpha value is -2.43. The number of amides is 1. The van der Waals surface area contributed by atoms with Gasteiger partial charge in [0.25, 0.3) is 5.91 Å². The van der Waals surface area contributed by atoms with E-state index >= 15 is 0 Å². The summed E-state index contributed by atoms with van der Waals surface area (Å²) in [7, 11) is 0. The lowest BCUT2D eigenvalue weighted by Gasteiger charge is -2.15.